The summed E-state index contributed by atoms with van der Waals surface area (Å²) in [5, 5.41) is 6.97. The highest BCUT2D eigenvalue weighted by atomic mass is 19.3. The lowest BCUT2D eigenvalue weighted by molar-refractivity contribution is -0.0498. The molecule has 9 heteroatoms. The van der Waals surface area contributed by atoms with Gasteiger partial charge >= 0.3 is 12.6 Å². The highest BCUT2D eigenvalue weighted by molar-refractivity contribution is 5.74. The third kappa shape index (κ3) is 5.53. The molecule has 1 aromatic heterocycles. The molecule has 2 aromatic carbocycles. The van der Waals surface area contributed by atoms with E-state index in [1.165, 1.54) is 18.5 Å². The average Bonchev–Trinajstić information content (AvgIpc) is 3.28. The Hall–Kier alpha value is -3.49. The van der Waals surface area contributed by atoms with Gasteiger partial charge in [0.2, 0.25) is 0 Å². The quantitative estimate of drug-likeness (QED) is 0.607. The normalized spacial score (nSPS) is 11.9. The van der Waals surface area contributed by atoms with Crippen LogP contribution in [0.3, 0.4) is 0 Å². The minimum absolute atomic E-state index is 0.112. The number of benzene rings is 2. The third-order valence-electron chi connectivity index (χ3n) is 4.80. The molecule has 0 bridgehead atoms. The van der Waals surface area contributed by atoms with Gasteiger partial charge in [0.25, 0.3) is 0 Å². The van der Waals surface area contributed by atoms with E-state index in [4.69, 9.17) is 0 Å². The Morgan fingerprint density at radius 2 is 1.87 bits per heavy atom. The summed E-state index contributed by atoms with van der Waals surface area (Å²) in [5.74, 6) is 0.112. The Morgan fingerprint density at radius 1 is 1.17 bits per heavy atom. The Bertz CT molecular complexity index is 931. The van der Waals surface area contributed by atoms with Crippen molar-refractivity contribution in [3.8, 4) is 11.4 Å². The number of ether oxygens (including phenoxy) is 1. The minimum atomic E-state index is -2.84. The number of rotatable bonds is 8. The number of alkyl halides is 2. The van der Waals surface area contributed by atoms with Crippen molar-refractivity contribution in [3.05, 3.63) is 72.3 Å². The molecule has 0 spiro atoms. The maximum Gasteiger partial charge on any atom is 0.387 e. The van der Waals surface area contributed by atoms with Crippen LogP contribution >= 0.6 is 0 Å². The maximum absolute atomic E-state index is 12.5. The maximum atomic E-state index is 12.5. The van der Waals surface area contributed by atoms with Crippen LogP contribution in [0.1, 0.15) is 24.1 Å². The molecule has 0 radical (unpaired) electrons. The highest BCUT2D eigenvalue weighted by Crippen LogP contribution is 2.20. The largest absolute Gasteiger partial charge is 0.435 e. The second-order valence-corrected chi connectivity index (χ2v) is 6.72. The molecular formula is C21H23F2N5O2. The molecule has 0 saturated carbocycles. The van der Waals surface area contributed by atoms with Crippen LogP contribution in [-0.4, -0.2) is 45.9 Å². The molecule has 158 valence electrons. The summed E-state index contributed by atoms with van der Waals surface area (Å²) in [4.78, 5) is 18.0. The molecule has 0 fully saturated rings. The van der Waals surface area contributed by atoms with E-state index in [1.54, 1.807) is 35.1 Å². The van der Waals surface area contributed by atoms with Gasteiger partial charge in [-0.05, 0) is 48.7 Å². The van der Waals surface area contributed by atoms with Crippen LogP contribution < -0.4 is 10.1 Å². The number of carbonyl (C=O) groups excluding carboxylic acids is 1. The average molecular weight is 415 g/mol. The summed E-state index contributed by atoms with van der Waals surface area (Å²) < 4.78 is 30.3. The van der Waals surface area contributed by atoms with Gasteiger partial charge in [0.05, 0.1) is 11.7 Å². The second kappa shape index (κ2) is 9.82. The first-order valence-electron chi connectivity index (χ1n) is 9.43. The van der Waals surface area contributed by atoms with Crippen LogP contribution in [-0.2, 0) is 6.42 Å². The van der Waals surface area contributed by atoms with Crippen molar-refractivity contribution >= 4 is 6.03 Å². The molecule has 1 N–H and O–H groups in total. The Balaban J connectivity index is 1.49. The summed E-state index contributed by atoms with van der Waals surface area (Å²) in [5.41, 5.74) is 2.79. The first-order valence-corrected chi connectivity index (χ1v) is 9.43. The van der Waals surface area contributed by atoms with Crippen LogP contribution in [0.25, 0.3) is 5.69 Å². The van der Waals surface area contributed by atoms with Crippen molar-refractivity contribution in [3.63, 3.8) is 0 Å². The minimum Gasteiger partial charge on any atom is -0.435 e. The summed E-state index contributed by atoms with van der Waals surface area (Å²) in [7, 11) is 1.74. The van der Waals surface area contributed by atoms with Crippen molar-refractivity contribution in [1.29, 1.82) is 0 Å². The van der Waals surface area contributed by atoms with Crippen LogP contribution in [0.5, 0.6) is 5.75 Å². The molecule has 0 aliphatic rings. The zero-order valence-electron chi connectivity index (χ0n) is 16.7. The molecule has 30 heavy (non-hydrogen) atoms. The van der Waals surface area contributed by atoms with E-state index >= 15 is 0 Å². The van der Waals surface area contributed by atoms with Gasteiger partial charge in [-0.2, -0.15) is 13.9 Å². The third-order valence-corrected chi connectivity index (χ3v) is 4.80. The van der Waals surface area contributed by atoms with Crippen LogP contribution in [0.2, 0.25) is 0 Å². The molecule has 3 rings (SSSR count). The van der Waals surface area contributed by atoms with E-state index in [2.05, 4.69) is 20.1 Å². The van der Waals surface area contributed by atoms with Crippen LogP contribution in [0, 0.1) is 0 Å². The number of aromatic nitrogens is 3. The molecule has 3 aromatic rings. The van der Waals surface area contributed by atoms with Gasteiger partial charge in [0.15, 0.2) is 0 Å². The van der Waals surface area contributed by atoms with E-state index in [0.29, 0.717) is 13.0 Å². The van der Waals surface area contributed by atoms with Gasteiger partial charge in [-0.1, -0.05) is 24.3 Å². The van der Waals surface area contributed by atoms with E-state index < -0.39 is 6.61 Å². The van der Waals surface area contributed by atoms with Crippen molar-refractivity contribution < 1.29 is 18.3 Å². The molecular weight excluding hydrogens is 392 g/mol. The Morgan fingerprint density at radius 3 is 2.47 bits per heavy atom. The Kier molecular flexibility index (Phi) is 6.95. The standard InChI is InChI=1S/C21H23F2N5O2/c1-15(17-5-7-18(8-6-17)28-14-24-13-26-28)27(2)21(29)25-12-11-16-3-9-19(10-4-16)30-20(22)23/h3-10,13-15,20H,11-12H2,1-2H3,(H,25,29). The van der Waals surface area contributed by atoms with Gasteiger partial charge < -0.3 is 15.0 Å². The van der Waals surface area contributed by atoms with Gasteiger partial charge in [-0.3, -0.25) is 0 Å². The Labute approximate surface area is 173 Å². The van der Waals surface area contributed by atoms with Gasteiger partial charge in [-0.25, -0.2) is 14.5 Å². The first-order chi connectivity index (χ1) is 14.4. The lowest BCUT2D eigenvalue weighted by atomic mass is 10.1. The summed E-state index contributed by atoms with van der Waals surface area (Å²) in [6.07, 6.45) is 3.67. The zero-order chi connectivity index (χ0) is 21.5. The number of nitrogens with zero attached hydrogens (tertiary/aromatic N) is 4. The van der Waals surface area contributed by atoms with Gasteiger partial charge in [0.1, 0.15) is 18.4 Å². The fraction of sp³-hybridized carbons (Fsp3) is 0.286. The first kappa shape index (κ1) is 21.2. The predicted octanol–water partition coefficient (Wildman–Crippen LogP) is 3.81. The lowest BCUT2D eigenvalue weighted by Crippen LogP contribution is -2.39. The van der Waals surface area contributed by atoms with Gasteiger partial charge in [0, 0.05) is 13.6 Å². The van der Waals surface area contributed by atoms with Crippen molar-refractivity contribution in [2.45, 2.75) is 26.0 Å². The summed E-state index contributed by atoms with van der Waals surface area (Å²) in [6, 6.07) is 13.8. The van der Waals surface area contributed by atoms with Crippen molar-refractivity contribution in [1.82, 2.24) is 25.0 Å². The molecule has 1 atom stereocenters. The fourth-order valence-electron chi connectivity index (χ4n) is 2.92. The van der Waals surface area contributed by atoms with E-state index in [9.17, 15) is 13.6 Å². The number of hydrogen-bond donors (Lipinski definition) is 1. The topological polar surface area (TPSA) is 72.3 Å². The van der Waals surface area contributed by atoms with Crippen molar-refractivity contribution in [2.75, 3.05) is 13.6 Å². The monoisotopic (exact) mass is 415 g/mol. The van der Waals surface area contributed by atoms with E-state index in [-0.39, 0.29) is 17.8 Å². The predicted molar refractivity (Wildman–Crippen MR) is 108 cm³/mol. The number of urea groups is 1. The second-order valence-electron chi connectivity index (χ2n) is 6.72. The zero-order valence-corrected chi connectivity index (χ0v) is 16.7. The van der Waals surface area contributed by atoms with E-state index in [0.717, 1.165) is 16.8 Å². The van der Waals surface area contributed by atoms with Crippen LogP contribution in [0.15, 0.2) is 61.2 Å². The summed E-state index contributed by atoms with van der Waals surface area (Å²) >= 11 is 0. The van der Waals surface area contributed by atoms with Gasteiger partial charge in [-0.15, -0.1) is 0 Å². The number of carbonyl (C=O) groups is 1. The molecule has 1 unspecified atom stereocenters. The molecule has 1 heterocycles. The lowest BCUT2D eigenvalue weighted by Gasteiger charge is -2.25. The number of amides is 2. The number of nitrogens with one attached hydrogen (secondary N) is 1. The fourth-order valence-corrected chi connectivity index (χ4v) is 2.92. The summed E-state index contributed by atoms with van der Waals surface area (Å²) in [6.45, 7) is -0.464. The number of halogens is 2. The van der Waals surface area contributed by atoms with Crippen molar-refractivity contribution in [2.24, 2.45) is 0 Å². The molecule has 0 saturated heterocycles. The molecule has 2 amide bonds. The molecule has 0 aliphatic carbocycles. The smallest absolute Gasteiger partial charge is 0.387 e. The molecule has 7 nitrogen and oxygen atoms in total. The van der Waals surface area contributed by atoms with E-state index in [1.807, 2.05) is 31.2 Å². The highest BCUT2D eigenvalue weighted by Gasteiger charge is 2.17. The van der Waals surface area contributed by atoms with Crippen LogP contribution in [0.4, 0.5) is 13.6 Å². The SMILES string of the molecule is CC(c1ccc(-n2cncn2)cc1)N(C)C(=O)NCCc1ccc(OC(F)F)cc1. The molecule has 0 aliphatic heterocycles. The number of hydrogen-bond acceptors (Lipinski definition) is 4.